The van der Waals surface area contributed by atoms with Crippen molar-refractivity contribution in [3.8, 4) is 11.5 Å². The number of benzene rings is 1. The fourth-order valence-electron chi connectivity index (χ4n) is 3.53. The molecule has 2 saturated heterocycles. The van der Waals surface area contributed by atoms with Gasteiger partial charge in [0.25, 0.3) is 0 Å². The van der Waals surface area contributed by atoms with Crippen LogP contribution in [0.4, 0.5) is 17.8 Å². The molecular formula is C19H23N7O3. The lowest BCUT2D eigenvalue weighted by Gasteiger charge is -2.27. The molecule has 152 valence electrons. The number of nitrogens with zero attached hydrogens (tertiary/aromatic N) is 6. The third-order valence-electron chi connectivity index (χ3n) is 5.07. The molecule has 2 aromatic rings. The first-order valence-corrected chi connectivity index (χ1v) is 9.88. The van der Waals surface area contributed by atoms with Crippen LogP contribution in [0, 0.1) is 0 Å². The van der Waals surface area contributed by atoms with Gasteiger partial charge in [-0.2, -0.15) is 20.1 Å². The summed E-state index contributed by atoms with van der Waals surface area (Å²) in [6.45, 7) is 5.07. The van der Waals surface area contributed by atoms with Gasteiger partial charge in [-0.25, -0.2) is 5.43 Å². The average Bonchev–Trinajstić information content (AvgIpc) is 3.46. The molecule has 29 heavy (non-hydrogen) atoms. The van der Waals surface area contributed by atoms with Gasteiger partial charge in [-0.15, -0.1) is 0 Å². The number of hydrazone groups is 1. The molecule has 0 radical (unpaired) electrons. The van der Waals surface area contributed by atoms with Crippen LogP contribution in [0.25, 0.3) is 0 Å². The molecule has 2 fully saturated rings. The Morgan fingerprint density at radius 3 is 2.41 bits per heavy atom. The summed E-state index contributed by atoms with van der Waals surface area (Å²) in [5.74, 6) is 3.25. The lowest BCUT2D eigenvalue weighted by Crippen LogP contribution is -2.38. The maximum atomic E-state index is 5.45. The van der Waals surface area contributed by atoms with Gasteiger partial charge in [0.1, 0.15) is 0 Å². The third-order valence-corrected chi connectivity index (χ3v) is 5.07. The Kier molecular flexibility index (Phi) is 4.99. The van der Waals surface area contributed by atoms with Crippen LogP contribution in [0.3, 0.4) is 0 Å². The number of anilines is 3. The zero-order valence-electron chi connectivity index (χ0n) is 16.1. The lowest BCUT2D eigenvalue weighted by atomic mass is 10.2. The minimum Gasteiger partial charge on any atom is -0.454 e. The van der Waals surface area contributed by atoms with Crippen molar-refractivity contribution in [1.82, 2.24) is 15.0 Å². The number of aromatic nitrogens is 3. The predicted octanol–water partition coefficient (Wildman–Crippen LogP) is 1.48. The van der Waals surface area contributed by atoms with Crippen molar-refractivity contribution in [2.45, 2.75) is 12.8 Å². The molecule has 5 rings (SSSR count). The van der Waals surface area contributed by atoms with Gasteiger partial charge < -0.3 is 24.0 Å². The van der Waals surface area contributed by atoms with Crippen molar-refractivity contribution in [1.29, 1.82) is 0 Å². The monoisotopic (exact) mass is 397 g/mol. The zero-order chi connectivity index (χ0) is 19.5. The second-order valence-corrected chi connectivity index (χ2v) is 7.04. The van der Waals surface area contributed by atoms with Crippen LogP contribution in [-0.2, 0) is 4.74 Å². The summed E-state index contributed by atoms with van der Waals surface area (Å²) >= 11 is 0. The summed E-state index contributed by atoms with van der Waals surface area (Å²) in [4.78, 5) is 18.2. The molecule has 10 nitrogen and oxygen atoms in total. The molecule has 1 N–H and O–H groups in total. The van der Waals surface area contributed by atoms with Crippen LogP contribution in [0.2, 0.25) is 0 Å². The van der Waals surface area contributed by atoms with E-state index in [-0.39, 0.29) is 6.79 Å². The Morgan fingerprint density at radius 1 is 0.897 bits per heavy atom. The zero-order valence-corrected chi connectivity index (χ0v) is 16.1. The summed E-state index contributed by atoms with van der Waals surface area (Å²) in [6, 6.07) is 5.67. The molecule has 1 aromatic carbocycles. The van der Waals surface area contributed by atoms with Crippen molar-refractivity contribution in [3.63, 3.8) is 0 Å². The van der Waals surface area contributed by atoms with Crippen LogP contribution in [0.15, 0.2) is 23.3 Å². The molecule has 3 aliphatic heterocycles. The normalized spacial score (nSPS) is 18.6. The fraction of sp³-hybridized carbons (Fsp3) is 0.474. The molecule has 0 saturated carbocycles. The number of fused-ring (bicyclic) bond motifs is 1. The van der Waals surface area contributed by atoms with E-state index < -0.39 is 0 Å². The maximum Gasteiger partial charge on any atom is 0.250 e. The van der Waals surface area contributed by atoms with Gasteiger partial charge in [0.05, 0.1) is 19.4 Å². The van der Waals surface area contributed by atoms with E-state index in [9.17, 15) is 0 Å². The first kappa shape index (κ1) is 17.9. The van der Waals surface area contributed by atoms with Gasteiger partial charge in [0, 0.05) is 26.2 Å². The van der Waals surface area contributed by atoms with Gasteiger partial charge in [-0.1, -0.05) is 0 Å². The number of rotatable bonds is 5. The Balaban J connectivity index is 1.35. The Morgan fingerprint density at radius 2 is 1.62 bits per heavy atom. The minimum atomic E-state index is 0.253. The lowest BCUT2D eigenvalue weighted by molar-refractivity contribution is 0.122. The Hall–Kier alpha value is -3.14. The van der Waals surface area contributed by atoms with E-state index in [0.717, 1.165) is 56.1 Å². The highest BCUT2D eigenvalue weighted by atomic mass is 16.7. The van der Waals surface area contributed by atoms with E-state index in [0.29, 0.717) is 31.1 Å². The van der Waals surface area contributed by atoms with Crippen LogP contribution in [0.5, 0.6) is 11.5 Å². The molecular weight excluding hydrogens is 374 g/mol. The number of morpholine rings is 1. The van der Waals surface area contributed by atoms with E-state index in [4.69, 9.17) is 19.2 Å². The molecule has 0 unspecified atom stereocenters. The predicted molar refractivity (Wildman–Crippen MR) is 108 cm³/mol. The summed E-state index contributed by atoms with van der Waals surface area (Å²) in [5.41, 5.74) is 3.85. The summed E-state index contributed by atoms with van der Waals surface area (Å²) in [5, 5.41) is 4.31. The topological polar surface area (TPSA) is 97.2 Å². The van der Waals surface area contributed by atoms with Crippen molar-refractivity contribution in [2.75, 3.05) is 61.4 Å². The SMILES string of the molecule is C(=NNc1nc(N2CCCC2)nc(N2CCOCC2)n1)c1ccc2c(c1)OCO2. The van der Waals surface area contributed by atoms with Crippen LogP contribution >= 0.6 is 0 Å². The summed E-state index contributed by atoms with van der Waals surface area (Å²) in [7, 11) is 0. The van der Waals surface area contributed by atoms with Crippen LogP contribution in [-0.4, -0.2) is 67.4 Å². The van der Waals surface area contributed by atoms with E-state index in [1.54, 1.807) is 6.21 Å². The molecule has 10 heteroatoms. The molecule has 0 bridgehead atoms. The maximum absolute atomic E-state index is 5.45. The molecule has 1 aromatic heterocycles. The third kappa shape index (κ3) is 4.02. The van der Waals surface area contributed by atoms with Crippen molar-refractivity contribution in [2.24, 2.45) is 5.10 Å². The Labute approximate surface area is 168 Å². The molecule has 0 spiro atoms. The number of ether oxygens (including phenoxy) is 3. The van der Waals surface area contributed by atoms with Gasteiger partial charge >= 0.3 is 0 Å². The van der Waals surface area contributed by atoms with E-state index in [2.05, 4.69) is 30.3 Å². The second kappa shape index (κ2) is 8.08. The highest BCUT2D eigenvalue weighted by molar-refractivity contribution is 5.81. The number of hydrogen-bond donors (Lipinski definition) is 1. The van der Waals surface area contributed by atoms with Crippen molar-refractivity contribution < 1.29 is 14.2 Å². The average molecular weight is 397 g/mol. The molecule has 0 amide bonds. The van der Waals surface area contributed by atoms with Gasteiger partial charge in [-0.3, -0.25) is 0 Å². The van der Waals surface area contributed by atoms with E-state index >= 15 is 0 Å². The minimum absolute atomic E-state index is 0.253. The van der Waals surface area contributed by atoms with Gasteiger partial charge in [0.15, 0.2) is 11.5 Å². The summed E-state index contributed by atoms with van der Waals surface area (Å²) in [6.07, 6.45) is 4.02. The smallest absolute Gasteiger partial charge is 0.250 e. The molecule has 0 aliphatic carbocycles. The highest BCUT2D eigenvalue weighted by Gasteiger charge is 2.21. The fourth-order valence-corrected chi connectivity index (χ4v) is 3.53. The van der Waals surface area contributed by atoms with Crippen molar-refractivity contribution >= 4 is 24.1 Å². The largest absolute Gasteiger partial charge is 0.454 e. The number of nitrogens with one attached hydrogen (secondary N) is 1. The van der Waals surface area contributed by atoms with Gasteiger partial charge in [0.2, 0.25) is 24.6 Å². The molecule has 0 atom stereocenters. The second-order valence-electron chi connectivity index (χ2n) is 7.04. The quantitative estimate of drug-likeness (QED) is 0.594. The van der Waals surface area contributed by atoms with E-state index in [1.165, 1.54) is 0 Å². The van der Waals surface area contributed by atoms with Crippen LogP contribution in [0.1, 0.15) is 18.4 Å². The summed E-state index contributed by atoms with van der Waals surface area (Å²) < 4.78 is 16.2. The Bertz CT molecular complexity index is 895. The standard InChI is InChI=1S/C19H23N7O3/c1-2-6-25(5-1)18-21-17(22-19(23-18)26-7-9-27-10-8-26)24-20-12-14-3-4-15-16(11-14)29-13-28-15/h3-4,11-12H,1-2,5-10,13H2,(H,21,22,23,24). The molecule has 4 heterocycles. The van der Waals surface area contributed by atoms with E-state index in [1.807, 2.05) is 18.2 Å². The van der Waals surface area contributed by atoms with Gasteiger partial charge in [-0.05, 0) is 36.6 Å². The molecule has 3 aliphatic rings. The highest BCUT2D eigenvalue weighted by Crippen LogP contribution is 2.32. The van der Waals surface area contributed by atoms with Crippen LogP contribution < -0.4 is 24.7 Å². The number of hydrogen-bond acceptors (Lipinski definition) is 10. The first-order chi connectivity index (χ1) is 14.3. The van der Waals surface area contributed by atoms with Crippen molar-refractivity contribution in [3.05, 3.63) is 23.8 Å². The first-order valence-electron chi connectivity index (χ1n) is 9.88.